The van der Waals surface area contributed by atoms with E-state index in [2.05, 4.69) is 4.90 Å². The van der Waals surface area contributed by atoms with Crippen LogP contribution in [-0.2, 0) is 16.0 Å². The van der Waals surface area contributed by atoms with Gasteiger partial charge in [-0.15, -0.1) is 0 Å². The van der Waals surface area contributed by atoms with Gasteiger partial charge in [0.1, 0.15) is 0 Å². The molecule has 0 aromatic heterocycles. The molecule has 0 radical (unpaired) electrons. The Balaban J connectivity index is 1.78. The van der Waals surface area contributed by atoms with Gasteiger partial charge < -0.3 is 19.5 Å². The summed E-state index contributed by atoms with van der Waals surface area (Å²) < 4.78 is 12.1. The molecule has 0 aliphatic carbocycles. The van der Waals surface area contributed by atoms with Crippen molar-refractivity contribution in [2.24, 2.45) is 0 Å². The molecule has 1 heterocycles. The Morgan fingerprint density at radius 3 is 2.61 bits per heavy atom. The first-order chi connectivity index (χ1) is 14.7. The Hall–Kier alpha value is -2.82. The van der Waals surface area contributed by atoms with Gasteiger partial charge in [0.2, 0.25) is 10.6 Å². The van der Waals surface area contributed by atoms with E-state index >= 15 is 0 Å². The SMILES string of the molecule is C[C@@H]1CN(C(=O)c2ccc([S+]([O-])CC(=O)O)c([N+](=O)[O-])c2)CCN1c1cccc(Cl)c1. The second-order valence-electron chi connectivity index (χ2n) is 7.10. The van der Waals surface area contributed by atoms with Crippen LogP contribution >= 0.6 is 11.6 Å². The zero-order valence-electron chi connectivity index (χ0n) is 16.6. The lowest BCUT2D eigenvalue weighted by atomic mass is 10.1. The van der Waals surface area contributed by atoms with Crippen molar-refractivity contribution in [3.05, 3.63) is 63.2 Å². The average molecular weight is 466 g/mol. The lowest BCUT2D eigenvalue weighted by Gasteiger charge is -2.41. The highest BCUT2D eigenvalue weighted by Gasteiger charge is 2.31. The molecule has 2 atom stereocenters. The van der Waals surface area contributed by atoms with E-state index in [1.807, 2.05) is 25.1 Å². The van der Waals surface area contributed by atoms with Crippen molar-refractivity contribution in [2.75, 3.05) is 30.3 Å². The van der Waals surface area contributed by atoms with Crippen LogP contribution in [0.5, 0.6) is 0 Å². The van der Waals surface area contributed by atoms with Crippen molar-refractivity contribution in [1.29, 1.82) is 0 Å². The van der Waals surface area contributed by atoms with Gasteiger partial charge in [0.05, 0.1) is 4.92 Å². The molecule has 9 nitrogen and oxygen atoms in total. The molecule has 164 valence electrons. The van der Waals surface area contributed by atoms with Gasteiger partial charge in [-0.3, -0.25) is 14.9 Å². The number of halogens is 1. The first-order valence-corrected chi connectivity index (χ1v) is 11.1. The molecule has 2 aromatic carbocycles. The first kappa shape index (κ1) is 22.9. The number of nitrogens with zero attached hydrogens (tertiary/aromatic N) is 3. The van der Waals surface area contributed by atoms with Crippen LogP contribution in [0.3, 0.4) is 0 Å². The quantitative estimate of drug-likeness (QED) is 0.394. The van der Waals surface area contributed by atoms with Crippen LogP contribution in [0.4, 0.5) is 11.4 Å². The maximum Gasteiger partial charge on any atom is 0.354 e. The second kappa shape index (κ2) is 9.54. The predicted octanol–water partition coefficient (Wildman–Crippen LogP) is 2.79. The summed E-state index contributed by atoms with van der Waals surface area (Å²) in [4.78, 5) is 38.0. The molecule has 1 unspecified atom stereocenters. The molecule has 0 saturated carbocycles. The zero-order chi connectivity index (χ0) is 22.7. The lowest BCUT2D eigenvalue weighted by Crippen LogP contribution is -2.53. The van der Waals surface area contributed by atoms with Gasteiger partial charge in [0, 0.05) is 65.3 Å². The maximum atomic E-state index is 13.0. The summed E-state index contributed by atoms with van der Waals surface area (Å²) in [6.45, 7) is 3.36. The Kier molecular flexibility index (Phi) is 7.04. The molecule has 1 N–H and O–H groups in total. The molecule has 1 saturated heterocycles. The van der Waals surface area contributed by atoms with E-state index in [1.165, 1.54) is 12.1 Å². The third-order valence-electron chi connectivity index (χ3n) is 4.96. The number of amides is 1. The molecule has 1 aliphatic heterocycles. The van der Waals surface area contributed by atoms with E-state index in [0.717, 1.165) is 11.8 Å². The summed E-state index contributed by atoms with van der Waals surface area (Å²) >= 11 is 3.98. The Morgan fingerprint density at radius 2 is 2.00 bits per heavy atom. The van der Waals surface area contributed by atoms with Crippen molar-refractivity contribution in [3.8, 4) is 0 Å². The van der Waals surface area contributed by atoms with Crippen LogP contribution in [-0.4, -0.2) is 62.8 Å². The summed E-state index contributed by atoms with van der Waals surface area (Å²) in [7, 11) is 0. The van der Waals surface area contributed by atoms with E-state index in [0.29, 0.717) is 24.7 Å². The van der Waals surface area contributed by atoms with Crippen LogP contribution in [0, 0.1) is 10.1 Å². The monoisotopic (exact) mass is 465 g/mol. The fourth-order valence-corrected chi connectivity index (χ4v) is 4.69. The number of carbonyl (C=O) groups is 2. The van der Waals surface area contributed by atoms with E-state index in [9.17, 15) is 24.3 Å². The van der Waals surface area contributed by atoms with E-state index in [4.69, 9.17) is 16.7 Å². The molecule has 31 heavy (non-hydrogen) atoms. The minimum absolute atomic E-state index is 0.00602. The van der Waals surface area contributed by atoms with Crippen LogP contribution in [0.25, 0.3) is 0 Å². The Labute approximate surface area is 186 Å². The largest absolute Gasteiger partial charge is 0.611 e. The zero-order valence-corrected chi connectivity index (χ0v) is 18.1. The van der Waals surface area contributed by atoms with Crippen molar-refractivity contribution >= 4 is 46.0 Å². The van der Waals surface area contributed by atoms with Crippen LogP contribution in [0.15, 0.2) is 47.4 Å². The summed E-state index contributed by atoms with van der Waals surface area (Å²) in [5.41, 5.74) is 0.509. The van der Waals surface area contributed by atoms with Gasteiger partial charge in [-0.25, -0.2) is 4.79 Å². The summed E-state index contributed by atoms with van der Waals surface area (Å²) in [5, 5.41) is 20.8. The van der Waals surface area contributed by atoms with Crippen LogP contribution < -0.4 is 4.90 Å². The standard InChI is InChI=1S/C20H20ClN3O6S/c1-13-11-22(7-8-23(13)16-4-2-3-15(21)10-16)20(27)14-5-6-18(17(9-14)24(28)29)31(30)12-19(25)26/h2-6,9-10,13H,7-8,11-12H2,1H3,(H,25,26)/t13-,31?/m1/s1. The van der Waals surface area contributed by atoms with Crippen molar-refractivity contribution in [1.82, 2.24) is 4.90 Å². The van der Waals surface area contributed by atoms with Crippen molar-refractivity contribution in [2.45, 2.75) is 17.9 Å². The summed E-state index contributed by atoms with van der Waals surface area (Å²) in [5.74, 6) is -2.47. The second-order valence-corrected chi connectivity index (χ2v) is 8.95. The normalized spacial score (nSPS) is 17.3. The van der Waals surface area contributed by atoms with Gasteiger partial charge >= 0.3 is 11.7 Å². The number of benzene rings is 2. The number of nitro groups is 1. The number of anilines is 1. The fourth-order valence-electron chi connectivity index (χ4n) is 3.54. The van der Waals surface area contributed by atoms with Gasteiger partial charge in [-0.05, 0) is 31.2 Å². The highest BCUT2D eigenvalue weighted by atomic mass is 35.5. The number of piperazine rings is 1. The van der Waals surface area contributed by atoms with E-state index < -0.39 is 33.5 Å². The smallest absolute Gasteiger partial charge is 0.354 e. The van der Waals surface area contributed by atoms with Crippen molar-refractivity contribution in [3.63, 3.8) is 0 Å². The number of carboxylic acid groups (broad SMARTS) is 1. The number of nitro benzene ring substituents is 1. The lowest BCUT2D eigenvalue weighted by molar-refractivity contribution is -0.387. The molecule has 11 heteroatoms. The summed E-state index contributed by atoms with van der Waals surface area (Å²) in [6, 6.07) is 11.0. The molecular formula is C20H20ClN3O6S. The number of hydrogen-bond acceptors (Lipinski definition) is 6. The minimum atomic E-state index is -2.09. The third-order valence-corrected chi connectivity index (χ3v) is 6.54. The number of aliphatic carboxylic acids is 1. The van der Waals surface area contributed by atoms with Crippen LogP contribution in [0.1, 0.15) is 17.3 Å². The van der Waals surface area contributed by atoms with Gasteiger partial charge in [0.15, 0.2) is 0 Å². The number of carboxylic acids is 1. The molecule has 0 bridgehead atoms. The average Bonchev–Trinajstić information content (AvgIpc) is 2.72. The first-order valence-electron chi connectivity index (χ1n) is 9.37. The fraction of sp³-hybridized carbons (Fsp3) is 0.300. The van der Waals surface area contributed by atoms with Gasteiger partial charge in [-0.1, -0.05) is 17.7 Å². The number of hydrogen-bond donors (Lipinski definition) is 1. The highest BCUT2D eigenvalue weighted by molar-refractivity contribution is 7.92. The highest BCUT2D eigenvalue weighted by Crippen LogP contribution is 2.28. The summed E-state index contributed by atoms with van der Waals surface area (Å²) in [6.07, 6.45) is 0. The Morgan fingerprint density at radius 1 is 1.26 bits per heavy atom. The minimum Gasteiger partial charge on any atom is -0.611 e. The molecule has 3 rings (SSSR count). The van der Waals surface area contributed by atoms with Gasteiger partial charge in [0.25, 0.3) is 5.91 Å². The Bertz CT molecular complexity index is 1020. The topological polar surface area (TPSA) is 127 Å². The van der Waals surface area contributed by atoms with E-state index in [1.54, 1.807) is 11.0 Å². The molecule has 1 fully saturated rings. The molecule has 0 spiro atoms. The predicted molar refractivity (Wildman–Crippen MR) is 116 cm³/mol. The molecular weight excluding hydrogens is 446 g/mol. The molecule has 1 amide bonds. The third kappa shape index (κ3) is 5.27. The molecule has 1 aliphatic rings. The number of rotatable bonds is 6. The number of carbonyl (C=O) groups excluding carboxylic acids is 1. The molecule has 2 aromatic rings. The van der Waals surface area contributed by atoms with Gasteiger partial charge in [-0.2, -0.15) is 0 Å². The van der Waals surface area contributed by atoms with E-state index in [-0.39, 0.29) is 22.4 Å². The van der Waals surface area contributed by atoms with Crippen LogP contribution in [0.2, 0.25) is 5.02 Å². The van der Waals surface area contributed by atoms with Crippen molar-refractivity contribution < 1.29 is 24.2 Å². The maximum absolute atomic E-state index is 13.0.